The predicted octanol–water partition coefficient (Wildman–Crippen LogP) is 2.19. The van der Waals surface area contributed by atoms with E-state index in [9.17, 15) is 0 Å². The van der Waals surface area contributed by atoms with Crippen LogP contribution in [0.3, 0.4) is 0 Å². The van der Waals surface area contributed by atoms with E-state index in [0.29, 0.717) is 0 Å². The molecule has 1 fully saturated rings. The van der Waals surface area contributed by atoms with Crippen molar-refractivity contribution in [3.8, 4) is 0 Å². The summed E-state index contributed by atoms with van der Waals surface area (Å²) >= 11 is 1.69. The number of ether oxygens (including phenoxy) is 1. The Hall–Kier alpha value is -0.450. The minimum absolute atomic E-state index is 0.0789. The molecule has 1 aliphatic rings. The molecular formula is C10H16N2OS. The first-order valence-electron chi connectivity index (χ1n) is 4.95. The summed E-state index contributed by atoms with van der Waals surface area (Å²) in [6, 6.07) is 0.0789. The van der Waals surface area contributed by atoms with Crippen molar-refractivity contribution < 1.29 is 4.74 Å². The van der Waals surface area contributed by atoms with Crippen LogP contribution >= 0.6 is 11.3 Å². The number of methoxy groups -OCH3 is 1. The Labute approximate surface area is 88.3 Å². The molecule has 0 spiro atoms. The molecule has 2 rings (SSSR count). The topological polar surface area (TPSA) is 48.1 Å². The zero-order valence-electron chi connectivity index (χ0n) is 8.62. The van der Waals surface area contributed by atoms with E-state index in [2.05, 4.69) is 4.98 Å². The maximum atomic E-state index is 5.80. The van der Waals surface area contributed by atoms with Gasteiger partial charge in [-0.3, -0.25) is 0 Å². The van der Waals surface area contributed by atoms with Gasteiger partial charge in [-0.05, 0) is 26.2 Å². The first kappa shape index (κ1) is 10.1. The molecule has 1 heterocycles. The smallest absolute Gasteiger partial charge is 0.125 e. The molecular weight excluding hydrogens is 196 g/mol. The molecule has 78 valence electrons. The highest BCUT2D eigenvalue weighted by Gasteiger charge is 2.41. The third-order valence-corrected chi connectivity index (χ3v) is 4.30. The van der Waals surface area contributed by atoms with E-state index in [1.807, 2.05) is 13.1 Å². The van der Waals surface area contributed by atoms with Crippen molar-refractivity contribution in [2.24, 2.45) is 5.73 Å². The monoisotopic (exact) mass is 212 g/mol. The predicted molar refractivity (Wildman–Crippen MR) is 57.3 cm³/mol. The normalized spacial score (nSPS) is 21.6. The van der Waals surface area contributed by atoms with Crippen LogP contribution in [0.2, 0.25) is 0 Å². The van der Waals surface area contributed by atoms with Gasteiger partial charge in [-0.15, -0.1) is 11.3 Å². The zero-order valence-corrected chi connectivity index (χ0v) is 9.43. The van der Waals surface area contributed by atoms with Gasteiger partial charge in [0.25, 0.3) is 0 Å². The van der Waals surface area contributed by atoms with Gasteiger partial charge in [0.2, 0.25) is 0 Å². The van der Waals surface area contributed by atoms with Crippen LogP contribution in [0, 0.1) is 0 Å². The highest BCUT2D eigenvalue weighted by Crippen LogP contribution is 2.45. The molecule has 0 saturated heterocycles. The standard InChI is InChI=1S/C10H16N2OS/c1-7(11)8-6-12-9(14-8)10(13-2)4-3-5-10/h6-7H,3-5,11H2,1-2H3. The number of nitrogens with zero attached hydrogens (tertiary/aromatic N) is 1. The van der Waals surface area contributed by atoms with E-state index in [-0.39, 0.29) is 11.6 Å². The van der Waals surface area contributed by atoms with Crippen molar-refractivity contribution in [3.63, 3.8) is 0 Å². The summed E-state index contributed by atoms with van der Waals surface area (Å²) in [5.74, 6) is 0. The molecule has 0 radical (unpaired) electrons. The number of nitrogens with two attached hydrogens (primary N) is 1. The second kappa shape index (κ2) is 3.61. The average molecular weight is 212 g/mol. The Bertz CT molecular complexity index is 312. The summed E-state index contributed by atoms with van der Waals surface area (Å²) in [5.41, 5.74) is 5.72. The van der Waals surface area contributed by atoms with Crippen LogP contribution in [0.25, 0.3) is 0 Å². The molecule has 14 heavy (non-hydrogen) atoms. The van der Waals surface area contributed by atoms with E-state index in [1.54, 1.807) is 18.4 Å². The summed E-state index contributed by atoms with van der Waals surface area (Å²) in [5, 5.41) is 1.10. The molecule has 4 heteroatoms. The van der Waals surface area contributed by atoms with Crippen LogP contribution in [0.15, 0.2) is 6.20 Å². The minimum atomic E-state index is -0.0855. The second-order valence-corrected chi connectivity index (χ2v) is 4.97. The van der Waals surface area contributed by atoms with Gasteiger partial charge >= 0.3 is 0 Å². The lowest BCUT2D eigenvalue weighted by Crippen LogP contribution is -2.35. The van der Waals surface area contributed by atoms with Gasteiger partial charge in [-0.25, -0.2) is 4.98 Å². The maximum absolute atomic E-state index is 5.80. The van der Waals surface area contributed by atoms with Crippen LogP contribution in [0.4, 0.5) is 0 Å². The highest BCUT2D eigenvalue weighted by molar-refractivity contribution is 7.11. The van der Waals surface area contributed by atoms with Crippen LogP contribution in [-0.4, -0.2) is 12.1 Å². The number of hydrogen-bond acceptors (Lipinski definition) is 4. The fourth-order valence-corrected chi connectivity index (χ4v) is 2.80. The van der Waals surface area contributed by atoms with Crippen molar-refractivity contribution in [2.75, 3.05) is 7.11 Å². The lowest BCUT2D eigenvalue weighted by molar-refractivity contribution is -0.0779. The number of hydrogen-bond donors (Lipinski definition) is 1. The SMILES string of the molecule is COC1(c2ncc(C(C)N)s2)CCC1. The lowest BCUT2D eigenvalue weighted by Gasteiger charge is -2.38. The van der Waals surface area contributed by atoms with E-state index in [0.717, 1.165) is 22.7 Å². The molecule has 1 saturated carbocycles. The Morgan fingerprint density at radius 1 is 1.64 bits per heavy atom. The van der Waals surface area contributed by atoms with Crippen LogP contribution in [0.5, 0.6) is 0 Å². The molecule has 1 aromatic rings. The summed E-state index contributed by atoms with van der Waals surface area (Å²) in [6.07, 6.45) is 5.30. The van der Waals surface area contributed by atoms with Gasteiger partial charge in [-0.2, -0.15) is 0 Å². The second-order valence-electron chi connectivity index (χ2n) is 3.91. The van der Waals surface area contributed by atoms with Crippen molar-refractivity contribution >= 4 is 11.3 Å². The highest BCUT2D eigenvalue weighted by atomic mass is 32.1. The molecule has 0 aromatic carbocycles. The molecule has 0 amide bonds. The summed E-state index contributed by atoms with van der Waals surface area (Å²) in [4.78, 5) is 5.56. The quantitative estimate of drug-likeness (QED) is 0.835. The van der Waals surface area contributed by atoms with Crippen LogP contribution < -0.4 is 5.73 Å². The Kier molecular flexibility index (Phi) is 2.60. The molecule has 1 aromatic heterocycles. The van der Waals surface area contributed by atoms with Gasteiger partial charge in [0.05, 0.1) is 0 Å². The van der Waals surface area contributed by atoms with E-state index < -0.39 is 0 Å². The fourth-order valence-electron chi connectivity index (χ4n) is 1.71. The van der Waals surface area contributed by atoms with Crippen molar-refractivity contribution in [1.82, 2.24) is 4.98 Å². The fraction of sp³-hybridized carbons (Fsp3) is 0.700. The number of thiazole rings is 1. The van der Waals surface area contributed by atoms with Crippen molar-refractivity contribution in [3.05, 3.63) is 16.1 Å². The zero-order chi connectivity index (χ0) is 10.2. The van der Waals surface area contributed by atoms with Crippen LogP contribution in [-0.2, 0) is 10.3 Å². The maximum Gasteiger partial charge on any atom is 0.125 e. The largest absolute Gasteiger partial charge is 0.371 e. The Morgan fingerprint density at radius 3 is 2.71 bits per heavy atom. The van der Waals surface area contributed by atoms with Gasteiger partial charge in [0.1, 0.15) is 10.6 Å². The number of aromatic nitrogens is 1. The number of rotatable bonds is 3. The molecule has 1 unspecified atom stereocenters. The minimum Gasteiger partial charge on any atom is -0.371 e. The summed E-state index contributed by atoms with van der Waals surface area (Å²) in [7, 11) is 1.77. The lowest BCUT2D eigenvalue weighted by atomic mass is 9.80. The molecule has 0 aliphatic heterocycles. The third-order valence-electron chi connectivity index (χ3n) is 2.91. The molecule has 2 N–H and O–H groups in total. The molecule has 1 aliphatic carbocycles. The van der Waals surface area contributed by atoms with Crippen molar-refractivity contribution in [2.45, 2.75) is 37.8 Å². The first-order valence-corrected chi connectivity index (χ1v) is 5.76. The Morgan fingerprint density at radius 2 is 2.36 bits per heavy atom. The van der Waals surface area contributed by atoms with E-state index in [4.69, 9.17) is 10.5 Å². The van der Waals surface area contributed by atoms with Gasteiger partial charge in [0, 0.05) is 24.2 Å². The van der Waals surface area contributed by atoms with Gasteiger partial charge in [0.15, 0.2) is 0 Å². The summed E-state index contributed by atoms with van der Waals surface area (Å²) < 4.78 is 5.56. The molecule has 0 bridgehead atoms. The molecule has 3 nitrogen and oxygen atoms in total. The van der Waals surface area contributed by atoms with Crippen LogP contribution in [0.1, 0.15) is 42.1 Å². The Balaban J connectivity index is 2.23. The van der Waals surface area contributed by atoms with E-state index in [1.165, 1.54) is 6.42 Å². The van der Waals surface area contributed by atoms with E-state index >= 15 is 0 Å². The van der Waals surface area contributed by atoms with Gasteiger partial charge < -0.3 is 10.5 Å². The summed E-state index contributed by atoms with van der Waals surface area (Å²) in [6.45, 7) is 1.98. The third kappa shape index (κ3) is 1.47. The van der Waals surface area contributed by atoms with Crippen molar-refractivity contribution in [1.29, 1.82) is 0 Å². The van der Waals surface area contributed by atoms with Gasteiger partial charge in [-0.1, -0.05) is 0 Å². The molecule has 1 atom stereocenters. The first-order chi connectivity index (χ1) is 6.68. The average Bonchev–Trinajstić information content (AvgIpc) is 2.52.